The molecule has 0 saturated carbocycles. The van der Waals surface area contributed by atoms with Gasteiger partial charge >= 0.3 is 0 Å². The summed E-state index contributed by atoms with van der Waals surface area (Å²) in [6.07, 6.45) is 2.01. The van der Waals surface area contributed by atoms with E-state index < -0.39 is 0 Å². The van der Waals surface area contributed by atoms with Gasteiger partial charge in [0.15, 0.2) is 0 Å². The van der Waals surface area contributed by atoms with Crippen LogP contribution in [0.2, 0.25) is 0 Å². The Morgan fingerprint density at radius 1 is 1.33 bits per heavy atom. The normalized spacial score (nSPS) is 10.8. The number of aryl methyl sites for hydroxylation is 1. The summed E-state index contributed by atoms with van der Waals surface area (Å²) in [6.45, 7) is 0. The van der Waals surface area contributed by atoms with Gasteiger partial charge in [-0.15, -0.1) is 0 Å². The van der Waals surface area contributed by atoms with Crippen molar-refractivity contribution in [3.8, 4) is 0 Å². The molecule has 0 amide bonds. The molecule has 0 aliphatic rings. The predicted octanol–water partition coefficient (Wildman–Crippen LogP) is 2.52. The summed E-state index contributed by atoms with van der Waals surface area (Å²) in [5.74, 6) is 0. The van der Waals surface area contributed by atoms with E-state index in [0.717, 1.165) is 21.1 Å². The topological polar surface area (TPSA) is 30.9 Å². The highest BCUT2D eigenvalue weighted by atomic mass is 79.9. The number of fused-ring (bicyclic) bond motifs is 1. The molecule has 0 unspecified atom stereocenters. The minimum atomic E-state index is 0.813. The number of halogens is 1. The van der Waals surface area contributed by atoms with Crippen LogP contribution in [0.4, 0.5) is 5.69 Å². The van der Waals surface area contributed by atoms with Crippen LogP contribution >= 0.6 is 15.9 Å². The van der Waals surface area contributed by atoms with Gasteiger partial charge in [0.1, 0.15) is 0 Å². The van der Waals surface area contributed by atoms with Crippen LogP contribution in [0.15, 0.2) is 28.9 Å². The van der Waals surface area contributed by atoms with Gasteiger partial charge in [-0.3, -0.25) is 0 Å². The van der Waals surface area contributed by atoms with Gasteiger partial charge in [0.2, 0.25) is 0 Å². The van der Waals surface area contributed by atoms with Crippen LogP contribution in [0, 0.1) is 0 Å². The number of nitrogen functional groups attached to an aromatic ring is 1. The Bertz CT molecular complexity index is 431. The largest absolute Gasteiger partial charge is 0.397 e. The zero-order chi connectivity index (χ0) is 8.72. The Morgan fingerprint density at radius 3 is 2.83 bits per heavy atom. The number of nitrogens with two attached hydrogens (primary N) is 1. The Kier molecular flexibility index (Phi) is 1.61. The van der Waals surface area contributed by atoms with Crippen molar-refractivity contribution in [3.63, 3.8) is 0 Å². The molecule has 1 heterocycles. The minimum absolute atomic E-state index is 0.813. The fourth-order valence-electron chi connectivity index (χ4n) is 1.35. The van der Waals surface area contributed by atoms with Gasteiger partial charge in [0.25, 0.3) is 0 Å². The molecule has 2 N–H and O–H groups in total. The second-order valence-corrected chi connectivity index (χ2v) is 3.67. The molecule has 12 heavy (non-hydrogen) atoms. The molecule has 1 aromatic heterocycles. The van der Waals surface area contributed by atoms with Gasteiger partial charge in [0, 0.05) is 28.6 Å². The van der Waals surface area contributed by atoms with E-state index in [9.17, 15) is 0 Å². The van der Waals surface area contributed by atoms with E-state index in [1.54, 1.807) is 0 Å². The molecule has 0 atom stereocenters. The van der Waals surface area contributed by atoms with E-state index in [2.05, 4.69) is 26.6 Å². The molecule has 0 bridgehead atoms. The Morgan fingerprint density at radius 2 is 2.08 bits per heavy atom. The van der Waals surface area contributed by atoms with Crippen molar-refractivity contribution in [2.75, 3.05) is 5.73 Å². The smallest absolute Gasteiger partial charge is 0.0553 e. The lowest BCUT2D eigenvalue weighted by Crippen LogP contribution is -1.89. The van der Waals surface area contributed by atoms with Crippen LogP contribution in [-0.2, 0) is 7.05 Å². The molecule has 2 rings (SSSR count). The average Bonchev–Trinajstić information content (AvgIpc) is 2.41. The van der Waals surface area contributed by atoms with Crippen LogP contribution in [0.3, 0.4) is 0 Å². The van der Waals surface area contributed by atoms with Crippen molar-refractivity contribution < 1.29 is 0 Å². The lowest BCUT2D eigenvalue weighted by Gasteiger charge is -2.00. The number of benzene rings is 1. The van der Waals surface area contributed by atoms with Crippen molar-refractivity contribution in [3.05, 3.63) is 28.9 Å². The molecule has 0 radical (unpaired) electrons. The van der Waals surface area contributed by atoms with Gasteiger partial charge in [-0.05, 0) is 34.1 Å². The molecule has 0 spiro atoms. The molecule has 0 aliphatic carbocycles. The van der Waals surface area contributed by atoms with Crippen LogP contribution < -0.4 is 5.73 Å². The second-order valence-electron chi connectivity index (χ2n) is 2.82. The summed E-state index contributed by atoms with van der Waals surface area (Å²) < 4.78 is 3.01. The van der Waals surface area contributed by atoms with Crippen molar-refractivity contribution in [2.24, 2.45) is 7.05 Å². The first-order valence-electron chi connectivity index (χ1n) is 3.69. The predicted molar refractivity (Wildman–Crippen MR) is 55.0 cm³/mol. The summed E-state index contributed by atoms with van der Waals surface area (Å²) in [5, 5.41) is 1.10. The van der Waals surface area contributed by atoms with Gasteiger partial charge in [-0.1, -0.05) is 0 Å². The summed E-state index contributed by atoms with van der Waals surface area (Å²) >= 11 is 3.39. The highest BCUT2D eigenvalue weighted by molar-refractivity contribution is 9.10. The summed E-state index contributed by atoms with van der Waals surface area (Å²) in [4.78, 5) is 0. The van der Waals surface area contributed by atoms with E-state index in [0.29, 0.717) is 0 Å². The van der Waals surface area contributed by atoms with Crippen LogP contribution in [-0.4, -0.2) is 4.57 Å². The molecule has 1 aromatic carbocycles. The monoisotopic (exact) mass is 224 g/mol. The fraction of sp³-hybridized carbons (Fsp3) is 0.111. The third-order valence-corrected chi connectivity index (χ3v) is 2.75. The maximum atomic E-state index is 5.87. The number of aromatic nitrogens is 1. The molecular formula is C9H9BrN2. The molecule has 0 saturated heterocycles. The summed E-state index contributed by atoms with van der Waals surface area (Å²) in [7, 11) is 2.01. The Balaban J connectivity index is 2.93. The standard InChI is InChI=1S/C9H9BrN2/c1-12-5-4-6-8(12)3-2-7(10)9(6)11/h2-5H,11H2,1H3. The van der Waals surface area contributed by atoms with E-state index in [1.807, 2.05) is 25.4 Å². The van der Waals surface area contributed by atoms with Gasteiger partial charge in [0.05, 0.1) is 5.69 Å². The number of hydrogen-bond acceptors (Lipinski definition) is 1. The quantitative estimate of drug-likeness (QED) is 0.686. The highest BCUT2D eigenvalue weighted by Gasteiger charge is 2.03. The number of rotatable bonds is 0. The van der Waals surface area contributed by atoms with E-state index in [4.69, 9.17) is 5.73 Å². The third-order valence-electron chi connectivity index (χ3n) is 2.06. The summed E-state index contributed by atoms with van der Waals surface area (Å²) in [5.41, 5.74) is 7.85. The van der Waals surface area contributed by atoms with Crippen molar-refractivity contribution in [1.82, 2.24) is 4.57 Å². The Hall–Kier alpha value is -0.960. The third kappa shape index (κ3) is 0.932. The SMILES string of the molecule is Cn1ccc2c(N)c(Br)ccc21. The van der Waals surface area contributed by atoms with E-state index in [1.165, 1.54) is 0 Å². The zero-order valence-electron chi connectivity index (χ0n) is 6.71. The van der Waals surface area contributed by atoms with E-state index >= 15 is 0 Å². The van der Waals surface area contributed by atoms with Crippen molar-refractivity contribution >= 4 is 32.5 Å². The minimum Gasteiger partial charge on any atom is -0.397 e. The van der Waals surface area contributed by atoms with Crippen molar-refractivity contribution in [1.29, 1.82) is 0 Å². The first kappa shape index (κ1) is 7.68. The average molecular weight is 225 g/mol. The molecule has 2 aromatic rings. The van der Waals surface area contributed by atoms with Crippen LogP contribution in [0.5, 0.6) is 0 Å². The number of anilines is 1. The molecule has 0 aliphatic heterocycles. The van der Waals surface area contributed by atoms with Crippen LogP contribution in [0.25, 0.3) is 10.9 Å². The molecule has 0 fully saturated rings. The molecule has 62 valence electrons. The number of hydrogen-bond donors (Lipinski definition) is 1. The highest BCUT2D eigenvalue weighted by Crippen LogP contribution is 2.28. The van der Waals surface area contributed by atoms with Gasteiger partial charge < -0.3 is 10.3 Å². The fourth-order valence-corrected chi connectivity index (χ4v) is 1.69. The molecular weight excluding hydrogens is 216 g/mol. The number of nitrogens with zero attached hydrogens (tertiary/aromatic N) is 1. The summed E-state index contributed by atoms with van der Waals surface area (Å²) in [6, 6.07) is 6.04. The first-order valence-corrected chi connectivity index (χ1v) is 4.48. The lowest BCUT2D eigenvalue weighted by molar-refractivity contribution is 0.969. The Labute approximate surface area is 79.1 Å². The maximum absolute atomic E-state index is 5.87. The molecule has 2 nitrogen and oxygen atoms in total. The first-order chi connectivity index (χ1) is 5.70. The second kappa shape index (κ2) is 2.52. The van der Waals surface area contributed by atoms with Gasteiger partial charge in [-0.25, -0.2) is 0 Å². The molecule has 3 heteroatoms. The van der Waals surface area contributed by atoms with Crippen LogP contribution in [0.1, 0.15) is 0 Å². The zero-order valence-corrected chi connectivity index (χ0v) is 8.30. The van der Waals surface area contributed by atoms with E-state index in [-0.39, 0.29) is 0 Å². The van der Waals surface area contributed by atoms with Gasteiger partial charge in [-0.2, -0.15) is 0 Å². The lowest BCUT2D eigenvalue weighted by atomic mass is 10.2. The van der Waals surface area contributed by atoms with Crippen molar-refractivity contribution in [2.45, 2.75) is 0 Å². The maximum Gasteiger partial charge on any atom is 0.0553 e.